The first-order chi connectivity index (χ1) is 11.4. The number of fused-ring (bicyclic) bond motifs is 3. The lowest BCUT2D eigenvalue weighted by molar-refractivity contribution is 0.0984. The predicted octanol–water partition coefficient (Wildman–Crippen LogP) is 4.05. The van der Waals surface area contributed by atoms with Crippen LogP contribution in [-0.2, 0) is 19.3 Å². The number of amides is 1. The molecule has 0 N–H and O–H groups in total. The third-order valence-electron chi connectivity index (χ3n) is 4.85. The number of hydrogen-bond donors (Lipinski definition) is 0. The van der Waals surface area contributed by atoms with Gasteiger partial charge in [0.25, 0.3) is 5.91 Å². The van der Waals surface area contributed by atoms with Gasteiger partial charge in [-0.15, -0.1) is 11.3 Å². The van der Waals surface area contributed by atoms with E-state index < -0.39 is 0 Å². The Labute approximate surface area is 153 Å². The molecule has 0 radical (unpaired) electrons. The van der Waals surface area contributed by atoms with E-state index in [-0.39, 0.29) is 5.91 Å². The molecule has 24 heavy (non-hydrogen) atoms. The van der Waals surface area contributed by atoms with Crippen molar-refractivity contribution in [2.45, 2.75) is 33.1 Å². The Morgan fingerprint density at radius 2 is 2.08 bits per heavy atom. The Hall–Kier alpha value is -1.53. The number of halogens is 1. The number of aldehydes is 1. The topological polar surface area (TPSA) is 50.3 Å². The maximum atomic E-state index is 13.0. The lowest BCUT2D eigenvalue weighted by Gasteiger charge is -2.28. The molecule has 2 aromatic heterocycles. The monoisotopic (exact) mass is 404 g/mol. The van der Waals surface area contributed by atoms with Crippen LogP contribution in [0.3, 0.4) is 0 Å². The summed E-state index contributed by atoms with van der Waals surface area (Å²) in [6.07, 6.45) is 6.90. The Morgan fingerprint density at radius 1 is 1.29 bits per heavy atom. The quantitative estimate of drug-likeness (QED) is 0.709. The molecule has 2 aromatic rings. The normalized spacial score (nSPS) is 18.5. The van der Waals surface area contributed by atoms with Gasteiger partial charge in [0, 0.05) is 22.1 Å². The maximum absolute atomic E-state index is 13.0. The van der Waals surface area contributed by atoms with Gasteiger partial charge in [0.15, 0.2) is 6.29 Å². The first-order valence-electron chi connectivity index (χ1n) is 7.95. The zero-order valence-corrected chi connectivity index (χ0v) is 16.0. The van der Waals surface area contributed by atoms with Crippen molar-refractivity contribution in [3.8, 4) is 0 Å². The summed E-state index contributed by atoms with van der Waals surface area (Å²) in [5.41, 5.74) is 4.00. The van der Waals surface area contributed by atoms with E-state index in [0.717, 1.165) is 30.4 Å². The van der Waals surface area contributed by atoms with Gasteiger partial charge in [-0.05, 0) is 51.7 Å². The molecule has 3 heterocycles. The highest BCUT2D eigenvalue weighted by Gasteiger charge is 2.38. The summed E-state index contributed by atoms with van der Waals surface area (Å²) in [4.78, 5) is 32.5. The van der Waals surface area contributed by atoms with Crippen molar-refractivity contribution in [3.05, 3.63) is 43.3 Å². The van der Waals surface area contributed by atoms with Crippen LogP contribution in [0.4, 0.5) is 5.69 Å². The smallest absolute Gasteiger partial charge is 0.268 e. The molecule has 0 bridgehead atoms. The molecule has 0 aromatic carbocycles. The summed E-state index contributed by atoms with van der Waals surface area (Å²) in [6, 6.07) is 0. The lowest BCUT2D eigenvalue weighted by atomic mass is 9.89. The minimum Gasteiger partial charge on any atom is -0.305 e. The van der Waals surface area contributed by atoms with Crippen LogP contribution in [0.1, 0.15) is 49.9 Å². The molecule has 0 unspecified atom stereocenters. The molecule has 6 heteroatoms. The molecule has 1 amide bonds. The Kier molecular flexibility index (Phi) is 3.65. The molecular weight excluding hydrogens is 388 g/mol. The number of carbonyl (C=O) groups is 2. The van der Waals surface area contributed by atoms with E-state index in [1.807, 2.05) is 0 Å². The molecule has 0 fully saturated rings. The van der Waals surface area contributed by atoms with Crippen LogP contribution in [0.5, 0.6) is 0 Å². The van der Waals surface area contributed by atoms with Crippen LogP contribution in [0.2, 0.25) is 0 Å². The molecular formula is C18H17BrN2O2S. The molecule has 0 spiro atoms. The standard InChI is InChI=1S/C18H17BrN2O2S/c1-18(2)5-11-10-3-4-21(17(23)16(10)24-15(11)6-18)14-8-20-7-13(19)12(14)9-22/h7-9H,3-6H2,1-2H3. The minimum absolute atomic E-state index is 0.00328. The molecule has 0 saturated heterocycles. The number of nitrogens with zero attached hydrogens (tertiary/aromatic N) is 2. The van der Waals surface area contributed by atoms with Gasteiger partial charge in [-0.25, -0.2) is 0 Å². The van der Waals surface area contributed by atoms with Gasteiger partial charge in [-0.2, -0.15) is 0 Å². The second-order valence-electron chi connectivity index (χ2n) is 7.21. The predicted molar refractivity (Wildman–Crippen MR) is 98.2 cm³/mol. The van der Waals surface area contributed by atoms with Gasteiger partial charge in [0.2, 0.25) is 0 Å². The van der Waals surface area contributed by atoms with Crippen LogP contribution in [0.15, 0.2) is 16.9 Å². The number of thiophene rings is 1. The van der Waals surface area contributed by atoms with Crippen molar-refractivity contribution in [2.75, 3.05) is 11.4 Å². The number of aromatic nitrogens is 1. The summed E-state index contributed by atoms with van der Waals surface area (Å²) in [7, 11) is 0. The van der Waals surface area contributed by atoms with Crippen molar-refractivity contribution in [3.63, 3.8) is 0 Å². The lowest BCUT2D eigenvalue weighted by Crippen LogP contribution is -2.37. The largest absolute Gasteiger partial charge is 0.305 e. The van der Waals surface area contributed by atoms with E-state index in [4.69, 9.17) is 0 Å². The van der Waals surface area contributed by atoms with Crippen molar-refractivity contribution in [1.29, 1.82) is 0 Å². The summed E-state index contributed by atoms with van der Waals surface area (Å²) in [6.45, 7) is 5.16. The molecule has 1 aliphatic heterocycles. The second-order valence-corrected chi connectivity index (χ2v) is 9.17. The number of carbonyl (C=O) groups excluding carboxylic acids is 2. The highest BCUT2D eigenvalue weighted by Crippen LogP contribution is 2.45. The zero-order chi connectivity index (χ0) is 17.1. The van der Waals surface area contributed by atoms with Crippen molar-refractivity contribution in [2.24, 2.45) is 5.41 Å². The molecule has 124 valence electrons. The van der Waals surface area contributed by atoms with Gasteiger partial charge < -0.3 is 4.90 Å². The van der Waals surface area contributed by atoms with E-state index in [9.17, 15) is 9.59 Å². The number of pyridine rings is 1. The Balaban J connectivity index is 1.75. The molecule has 0 atom stereocenters. The highest BCUT2D eigenvalue weighted by molar-refractivity contribution is 9.10. The van der Waals surface area contributed by atoms with E-state index in [1.165, 1.54) is 16.0 Å². The molecule has 0 saturated carbocycles. The first kappa shape index (κ1) is 16.0. The van der Waals surface area contributed by atoms with Gasteiger partial charge in [-0.3, -0.25) is 14.6 Å². The maximum Gasteiger partial charge on any atom is 0.268 e. The Bertz CT molecular complexity index is 872. The Morgan fingerprint density at radius 3 is 2.83 bits per heavy atom. The summed E-state index contributed by atoms with van der Waals surface area (Å²) in [5, 5.41) is 0. The molecule has 2 aliphatic rings. The molecule has 4 rings (SSSR count). The summed E-state index contributed by atoms with van der Waals surface area (Å²) < 4.78 is 0.615. The van der Waals surface area contributed by atoms with Crippen LogP contribution in [0, 0.1) is 5.41 Å². The SMILES string of the molecule is CC1(C)Cc2sc3c(c2C1)CCN(c1cncc(Br)c1C=O)C3=O. The van der Waals surface area contributed by atoms with Gasteiger partial charge in [-0.1, -0.05) is 13.8 Å². The molecule has 4 nitrogen and oxygen atoms in total. The summed E-state index contributed by atoms with van der Waals surface area (Å²) >= 11 is 4.98. The van der Waals surface area contributed by atoms with Crippen LogP contribution >= 0.6 is 27.3 Å². The van der Waals surface area contributed by atoms with Gasteiger partial charge >= 0.3 is 0 Å². The van der Waals surface area contributed by atoms with E-state index in [0.29, 0.717) is 27.7 Å². The van der Waals surface area contributed by atoms with Crippen molar-refractivity contribution in [1.82, 2.24) is 4.98 Å². The van der Waals surface area contributed by atoms with E-state index in [1.54, 1.807) is 28.6 Å². The van der Waals surface area contributed by atoms with Gasteiger partial charge in [0.05, 0.1) is 22.3 Å². The fraction of sp³-hybridized carbons (Fsp3) is 0.389. The third kappa shape index (κ3) is 2.35. The zero-order valence-electron chi connectivity index (χ0n) is 13.6. The third-order valence-corrected chi connectivity index (χ3v) is 6.74. The van der Waals surface area contributed by atoms with Gasteiger partial charge in [0.1, 0.15) is 0 Å². The fourth-order valence-electron chi connectivity index (χ4n) is 3.76. The van der Waals surface area contributed by atoms with E-state index in [2.05, 4.69) is 34.8 Å². The van der Waals surface area contributed by atoms with Crippen LogP contribution in [0.25, 0.3) is 0 Å². The minimum atomic E-state index is -0.00328. The number of hydrogen-bond acceptors (Lipinski definition) is 4. The summed E-state index contributed by atoms with van der Waals surface area (Å²) in [5.74, 6) is -0.00328. The fourth-order valence-corrected chi connectivity index (χ4v) is 5.75. The average Bonchev–Trinajstić information content (AvgIpc) is 3.00. The first-order valence-corrected chi connectivity index (χ1v) is 9.56. The average molecular weight is 405 g/mol. The second kappa shape index (κ2) is 5.49. The van der Waals surface area contributed by atoms with Crippen LogP contribution < -0.4 is 4.90 Å². The van der Waals surface area contributed by atoms with Crippen molar-refractivity contribution >= 4 is 45.1 Å². The molecule has 1 aliphatic carbocycles. The number of rotatable bonds is 2. The highest BCUT2D eigenvalue weighted by atomic mass is 79.9. The van der Waals surface area contributed by atoms with Crippen molar-refractivity contribution < 1.29 is 9.59 Å². The van der Waals surface area contributed by atoms with E-state index >= 15 is 0 Å². The van der Waals surface area contributed by atoms with Crippen LogP contribution in [-0.4, -0.2) is 23.7 Å². The number of anilines is 1.